The average Bonchev–Trinajstić information content (AvgIpc) is 2.00. The van der Waals surface area contributed by atoms with E-state index in [1.165, 1.54) is 0 Å². The van der Waals surface area contributed by atoms with Gasteiger partial charge in [-0.05, 0) is 27.7 Å². The summed E-state index contributed by atoms with van der Waals surface area (Å²) in [6, 6.07) is 0. The van der Waals surface area contributed by atoms with Crippen LogP contribution in [0.2, 0.25) is 0 Å². The monoisotopic (exact) mass is 205 g/mol. The number of nitrogens with one attached hydrogen (secondary N) is 1. The highest BCUT2D eigenvalue weighted by molar-refractivity contribution is 7.98. The van der Waals surface area contributed by atoms with Gasteiger partial charge < -0.3 is 4.74 Å². The van der Waals surface area contributed by atoms with E-state index in [0.717, 1.165) is 13.2 Å². The first-order valence-electron chi connectivity index (χ1n) is 4.94. The molecule has 0 amide bonds. The zero-order chi connectivity index (χ0) is 10.5. The molecule has 3 heteroatoms. The molecule has 80 valence electrons. The second-order valence-electron chi connectivity index (χ2n) is 4.37. The topological polar surface area (TPSA) is 21.3 Å². The molecule has 0 aliphatic carbocycles. The summed E-state index contributed by atoms with van der Waals surface area (Å²) in [7, 11) is 0. The highest BCUT2D eigenvalue weighted by atomic mass is 32.2. The molecule has 1 fully saturated rings. The minimum absolute atomic E-state index is 0.220. The third kappa shape index (κ3) is 5.55. The minimum Gasteiger partial charge on any atom is -0.377 e. The molecule has 0 radical (unpaired) electrons. The molecule has 0 bridgehead atoms. The second kappa shape index (κ2) is 5.23. The summed E-state index contributed by atoms with van der Waals surface area (Å²) < 4.78 is 8.84. The largest absolute Gasteiger partial charge is 0.377 e. The molecular formula is C10H23NOS. The van der Waals surface area contributed by atoms with Crippen LogP contribution in [0, 0.1) is 0 Å². The van der Waals surface area contributed by atoms with E-state index in [9.17, 15) is 0 Å². The van der Waals surface area contributed by atoms with Crippen LogP contribution in [0.25, 0.3) is 0 Å². The van der Waals surface area contributed by atoms with Crippen LogP contribution in [0.1, 0.15) is 41.5 Å². The van der Waals surface area contributed by atoms with Crippen molar-refractivity contribution in [3.05, 3.63) is 0 Å². The number of ether oxygens (including phenoxy) is 1. The van der Waals surface area contributed by atoms with Crippen molar-refractivity contribution in [2.24, 2.45) is 0 Å². The summed E-state index contributed by atoms with van der Waals surface area (Å²) in [5.41, 5.74) is 0.220. The molecular weight excluding hydrogens is 182 g/mol. The van der Waals surface area contributed by atoms with Crippen molar-refractivity contribution >= 4 is 11.9 Å². The fourth-order valence-electron chi connectivity index (χ4n) is 0.743. The lowest BCUT2D eigenvalue weighted by Crippen LogP contribution is -2.56. The van der Waals surface area contributed by atoms with Crippen LogP contribution in [-0.2, 0) is 4.74 Å². The van der Waals surface area contributed by atoms with Gasteiger partial charge >= 0.3 is 0 Å². The zero-order valence-electron chi connectivity index (χ0n) is 9.73. The van der Waals surface area contributed by atoms with Gasteiger partial charge in [-0.3, -0.25) is 4.72 Å². The van der Waals surface area contributed by atoms with E-state index >= 15 is 0 Å². The van der Waals surface area contributed by atoms with Gasteiger partial charge in [0.25, 0.3) is 0 Å². The van der Waals surface area contributed by atoms with Crippen LogP contribution in [-0.4, -0.2) is 23.5 Å². The summed E-state index contributed by atoms with van der Waals surface area (Å²) in [6.45, 7) is 14.5. The number of hydrogen-bond donors (Lipinski definition) is 1. The lowest BCUT2D eigenvalue weighted by Gasteiger charge is -2.40. The summed E-state index contributed by atoms with van der Waals surface area (Å²) in [6.07, 6.45) is 0. The lowest BCUT2D eigenvalue weighted by atomic mass is 10.0. The maximum absolute atomic E-state index is 5.13. The van der Waals surface area contributed by atoms with Crippen molar-refractivity contribution in [2.45, 2.75) is 51.8 Å². The van der Waals surface area contributed by atoms with Gasteiger partial charge in [0.2, 0.25) is 0 Å². The quantitative estimate of drug-likeness (QED) is 0.700. The molecule has 1 aliphatic heterocycles. The maximum atomic E-state index is 5.13. The zero-order valence-corrected chi connectivity index (χ0v) is 10.5. The SMILES string of the molecule is CC.CC1(NSC(C)(C)C)COC1. The van der Waals surface area contributed by atoms with E-state index in [-0.39, 0.29) is 5.54 Å². The van der Waals surface area contributed by atoms with Crippen LogP contribution in [0.5, 0.6) is 0 Å². The van der Waals surface area contributed by atoms with Gasteiger partial charge in [0.05, 0.1) is 18.8 Å². The van der Waals surface area contributed by atoms with Crippen molar-refractivity contribution in [1.82, 2.24) is 4.72 Å². The Hall–Kier alpha value is 0.270. The summed E-state index contributed by atoms with van der Waals surface area (Å²) in [4.78, 5) is 0. The molecule has 0 saturated carbocycles. The fraction of sp³-hybridized carbons (Fsp3) is 1.00. The molecule has 1 aliphatic rings. The van der Waals surface area contributed by atoms with Crippen LogP contribution in [0.3, 0.4) is 0 Å². The van der Waals surface area contributed by atoms with E-state index in [0.29, 0.717) is 4.75 Å². The Balaban J connectivity index is 0.000000671. The Bertz CT molecular complexity index is 138. The molecule has 0 unspecified atom stereocenters. The molecule has 0 aromatic carbocycles. The van der Waals surface area contributed by atoms with Crippen molar-refractivity contribution in [1.29, 1.82) is 0 Å². The first-order chi connectivity index (χ1) is 5.91. The van der Waals surface area contributed by atoms with Crippen molar-refractivity contribution in [3.8, 4) is 0 Å². The number of hydrogen-bond acceptors (Lipinski definition) is 3. The number of rotatable bonds is 2. The van der Waals surface area contributed by atoms with Gasteiger partial charge in [0.15, 0.2) is 0 Å². The fourth-order valence-corrected chi connectivity index (χ4v) is 1.41. The third-order valence-corrected chi connectivity index (χ3v) is 2.65. The van der Waals surface area contributed by atoms with Gasteiger partial charge in [-0.2, -0.15) is 0 Å². The van der Waals surface area contributed by atoms with Crippen molar-refractivity contribution in [3.63, 3.8) is 0 Å². The first kappa shape index (κ1) is 13.3. The van der Waals surface area contributed by atoms with E-state index in [1.54, 1.807) is 11.9 Å². The van der Waals surface area contributed by atoms with E-state index in [4.69, 9.17) is 4.74 Å². The Morgan fingerprint density at radius 3 is 1.92 bits per heavy atom. The highest BCUT2D eigenvalue weighted by Crippen LogP contribution is 2.26. The predicted octanol–water partition coefficient (Wildman–Crippen LogP) is 2.84. The first-order valence-corrected chi connectivity index (χ1v) is 5.76. The van der Waals surface area contributed by atoms with Gasteiger partial charge in [-0.1, -0.05) is 25.8 Å². The van der Waals surface area contributed by atoms with Gasteiger partial charge in [0, 0.05) is 4.75 Å². The molecule has 0 atom stereocenters. The Morgan fingerprint density at radius 2 is 1.69 bits per heavy atom. The normalized spacial score (nSPS) is 19.8. The molecule has 2 nitrogen and oxygen atoms in total. The lowest BCUT2D eigenvalue weighted by molar-refractivity contribution is -0.0511. The summed E-state index contributed by atoms with van der Waals surface area (Å²) in [5, 5.41) is 0. The minimum atomic E-state index is 0.220. The van der Waals surface area contributed by atoms with Crippen molar-refractivity contribution < 1.29 is 4.74 Å². The van der Waals surface area contributed by atoms with Crippen LogP contribution < -0.4 is 4.72 Å². The molecule has 0 aromatic heterocycles. The second-order valence-corrected chi connectivity index (χ2v) is 6.00. The average molecular weight is 205 g/mol. The van der Waals surface area contributed by atoms with Crippen LogP contribution in [0.15, 0.2) is 0 Å². The molecule has 1 saturated heterocycles. The Kier molecular flexibility index (Phi) is 5.33. The third-order valence-electron chi connectivity index (χ3n) is 1.44. The Labute approximate surface area is 86.9 Å². The smallest absolute Gasteiger partial charge is 0.0720 e. The van der Waals surface area contributed by atoms with E-state index in [1.807, 2.05) is 13.8 Å². The van der Waals surface area contributed by atoms with E-state index < -0.39 is 0 Å². The predicted molar refractivity (Wildman–Crippen MR) is 61.1 cm³/mol. The molecule has 13 heavy (non-hydrogen) atoms. The molecule has 1 N–H and O–H groups in total. The Morgan fingerprint density at radius 1 is 1.23 bits per heavy atom. The summed E-state index contributed by atoms with van der Waals surface area (Å²) in [5.74, 6) is 0. The molecule has 0 aromatic rings. The van der Waals surface area contributed by atoms with Gasteiger partial charge in [-0.15, -0.1) is 0 Å². The van der Waals surface area contributed by atoms with E-state index in [2.05, 4.69) is 32.4 Å². The van der Waals surface area contributed by atoms with Crippen molar-refractivity contribution in [2.75, 3.05) is 13.2 Å². The van der Waals surface area contributed by atoms with Crippen LogP contribution >= 0.6 is 11.9 Å². The standard InChI is InChI=1S/C8H17NOS.C2H6/c1-7(2,3)11-9-8(4)5-10-6-8;1-2/h9H,5-6H2,1-4H3;1-2H3. The molecule has 1 rings (SSSR count). The highest BCUT2D eigenvalue weighted by Gasteiger charge is 2.34. The summed E-state index contributed by atoms with van der Waals surface area (Å²) >= 11 is 1.79. The molecule has 1 heterocycles. The van der Waals surface area contributed by atoms with Gasteiger partial charge in [-0.25, -0.2) is 0 Å². The van der Waals surface area contributed by atoms with Gasteiger partial charge in [0.1, 0.15) is 0 Å². The maximum Gasteiger partial charge on any atom is 0.0720 e. The van der Waals surface area contributed by atoms with Crippen LogP contribution in [0.4, 0.5) is 0 Å². The molecule has 0 spiro atoms.